The van der Waals surface area contributed by atoms with Crippen LogP contribution in [0.2, 0.25) is 0 Å². The lowest BCUT2D eigenvalue weighted by Gasteiger charge is -2.23. The van der Waals surface area contributed by atoms with Crippen LogP contribution in [0, 0.1) is 0 Å². The summed E-state index contributed by atoms with van der Waals surface area (Å²) >= 11 is 0. The van der Waals surface area contributed by atoms with E-state index in [0.717, 1.165) is 0 Å². The monoisotopic (exact) mass is 266 g/mol. The van der Waals surface area contributed by atoms with Crippen LogP contribution in [0.4, 0.5) is 0 Å². The molecule has 0 rings (SSSR count). The molecule has 0 saturated carbocycles. The van der Waals surface area contributed by atoms with E-state index in [1.807, 2.05) is 0 Å². The molecule has 0 bridgehead atoms. The van der Waals surface area contributed by atoms with Crippen molar-refractivity contribution in [3.63, 3.8) is 0 Å². The van der Waals surface area contributed by atoms with Crippen LogP contribution >= 0.6 is 0 Å². The van der Waals surface area contributed by atoms with Gasteiger partial charge in [0, 0.05) is 23.1 Å². The van der Waals surface area contributed by atoms with Crippen LogP contribution in [0.1, 0.15) is 91.9 Å². The highest BCUT2D eigenvalue weighted by Crippen LogP contribution is 2.17. The van der Waals surface area contributed by atoms with Crippen LogP contribution in [-0.2, 0) is 4.74 Å². The summed E-state index contributed by atoms with van der Waals surface area (Å²) < 4.78 is 6.24. The van der Waals surface area contributed by atoms with Gasteiger partial charge < -0.3 is 4.74 Å². The summed E-state index contributed by atoms with van der Waals surface area (Å²) in [6, 6.07) is 0. The molecule has 2 atom stereocenters. The standard InChI is InChI=1S/C16H34O.Mg/c1-5-9-11-13-15(7-3)17-16(8-4)14-12-10-6-2;/h15-16H,5-14H2,1-4H3;. The van der Waals surface area contributed by atoms with Crippen molar-refractivity contribution < 1.29 is 4.74 Å². The van der Waals surface area contributed by atoms with Crippen LogP contribution < -0.4 is 0 Å². The summed E-state index contributed by atoms with van der Waals surface area (Å²) in [6.07, 6.45) is 13.9. The lowest BCUT2D eigenvalue weighted by Crippen LogP contribution is -2.21. The number of rotatable bonds is 12. The summed E-state index contributed by atoms with van der Waals surface area (Å²) in [5.41, 5.74) is 0. The fourth-order valence-electron chi connectivity index (χ4n) is 2.25. The smallest absolute Gasteiger partial charge is 0.0576 e. The molecule has 0 aromatic carbocycles. The maximum atomic E-state index is 6.24. The molecule has 0 saturated heterocycles. The highest BCUT2D eigenvalue weighted by atomic mass is 24.3. The van der Waals surface area contributed by atoms with Crippen molar-refractivity contribution in [2.24, 2.45) is 0 Å². The quantitative estimate of drug-likeness (QED) is 0.342. The first kappa shape index (κ1) is 21.0. The summed E-state index contributed by atoms with van der Waals surface area (Å²) in [5.74, 6) is 0. The third kappa shape index (κ3) is 11.8. The average molecular weight is 267 g/mol. The minimum absolute atomic E-state index is 0. The highest BCUT2D eigenvalue weighted by molar-refractivity contribution is 5.75. The lowest BCUT2D eigenvalue weighted by atomic mass is 10.1. The van der Waals surface area contributed by atoms with Crippen molar-refractivity contribution in [3.8, 4) is 0 Å². The first-order valence-corrected chi connectivity index (χ1v) is 7.93. The largest absolute Gasteiger partial charge is 0.375 e. The van der Waals surface area contributed by atoms with E-state index < -0.39 is 0 Å². The molecular formula is C16H34MgO. The van der Waals surface area contributed by atoms with E-state index >= 15 is 0 Å². The van der Waals surface area contributed by atoms with Gasteiger partial charge in [-0.3, -0.25) is 0 Å². The second-order valence-corrected chi connectivity index (χ2v) is 5.19. The first-order valence-electron chi connectivity index (χ1n) is 7.93. The molecule has 0 aromatic rings. The van der Waals surface area contributed by atoms with Crippen LogP contribution in [0.5, 0.6) is 0 Å². The van der Waals surface area contributed by atoms with E-state index in [1.165, 1.54) is 64.2 Å². The summed E-state index contributed by atoms with van der Waals surface area (Å²) in [4.78, 5) is 0. The number of hydrogen-bond acceptors (Lipinski definition) is 1. The second-order valence-electron chi connectivity index (χ2n) is 5.19. The zero-order chi connectivity index (χ0) is 12.9. The Morgan fingerprint density at radius 3 is 1.33 bits per heavy atom. The minimum Gasteiger partial charge on any atom is -0.375 e. The topological polar surface area (TPSA) is 9.23 Å². The zero-order valence-electron chi connectivity index (χ0n) is 13.3. The Hall–Kier alpha value is 0.726. The van der Waals surface area contributed by atoms with Gasteiger partial charge in [-0.05, 0) is 25.7 Å². The van der Waals surface area contributed by atoms with Crippen LogP contribution in [-0.4, -0.2) is 35.3 Å². The van der Waals surface area contributed by atoms with Crippen molar-refractivity contribution in [2.75, 3.05) is 0 Å². The van der Waals surface area contributed by atoms with E-state index in [9.17, 15) is 0 Å². The van der Waals surface area contributed by atoms with Crippen molar-refractivity contribution in [3.05, 3.63) is 0 Å². The summed E-state index contributed by atoms with van der Waals surface area (Å²) in [5, 5.41) is 0. The minimum atomic E-state index is 0. The third-order valence-corrected chi connectivity index (χ3v) is 3.55. The maximum absolute atomic E-state index is 6.24. The zero-order valence-corrected chi connectivity index (χ0v) is 14.8. The number of unbranched alkanes of at least 4 members (excludes halogenated alkanes) is 4. The fraction of sp³-hybridized carbons (Fsp3) is 1.00. The van der Waals surface area contributed by atoms with Crippen molar-refractivity contribution in [1.82, 2.24) is 0 Å². The van der Waals surface area contributed by atoms with Crippen LogP contribution in [0.15, 0.2) is 0 Å². The average Bonchev–Trinajstić information content (AvgIpc) is 2.36. The van der Waals surface area contributed by atoms with Crippen LogP contribution in [0.3, 0.4) is 0 Å². The number of ether oxygens (including phenoxy) is 1. The van der Waals surface area contributed by atoms with E-state index in [0.29, 0.717) is 12.2 Å². The first-order chi connectivity index (χ1) is 8.28. The molecule has 0 aliphatic heterocycles. The molecule has 0 heterocycles. The number of hydrogen-bond donors (Lipinski definition) is 0. The molecule has 0 fully saturated rings. The summed E-state index contributed by atoms with van der Waals surface area (Å²) in [7, 11) is 0. The molecule has 2 heteroatoms. The Labute approximate surface area is 132 Å². The SMILES string of the molecule is CCCCCC(CC)OC(CC)CCCCC.[Mg]. The van der Waals surface area contributed by atoms with Gasteiger partial charge in [0.25, 0.3) is 0 Å². The highest BCUT2D eigenvalue weighted by Gasteiger charge is 2.13. The molecule has 0 aliphatic rings. The van der Waals surface area contributed by atoms with Gasteiger partial charge in [0.05, 0.1) is 12.2 Å². The lowest BCUT2D eigenvalue weighted by molar-refractivity contribution is -0.0256. The maximum Gasteiger partial charge on any atom is 0.0576 e. The van der Waals surface area contributed by atoms with Crippen molar-refractivity contribution >= 4 is 23.1 Å². The molecule has 0 aromatic heterocycles. The van der Waals surface area contributed by atoms with Gasteiger partial charge in [-0.25, -0.2) is 0 Å². The van der Waals surface area contributed by atoms with Gasteiger partial charge in [-0.2, -0.15) is 0 Å². The van der Waals surface area contributed by atoms with Gasteiger partial charge in [-0.15, -0.1) is 0 Å². The Kier molecular flexibility index (Phi) is 18.4. The van der Waals surface area contributed by atoms with Crippen molar-refractivity contribution in [2.45, 2.75) is 104 Å². The molecule has 0 N–H and O–H groups in total. The summed E-state index contributed by atoms with van der Waals surface area (Å²) in [6.45, 7) is 9.05. The van der Waals surface area contributed by atoms with Gasteiger partial charge in [0.1, 0.15) is 0 Å². The molecule has 0 spiro atoms. The van der Waals surface area contributed by atoms with E-state index in [2.05, 4.69) is 27.7 Å². The third-order valence-electron chi connectivity index (χ3n) is 3.55. The van der Waals surface area contributed by atoms with E-state index in [-0.39, 0.29) is 23.1 Å². The second kappa shape index (κ2) is 15.8. The van der Waals surface area contributed by atoms with Gasteiger partial charge in [-0.1, -0.05) is 66.2 Å². The predicted octanol–water partition coefficient (Wildman–Crippen LogP) is 5.34. The van der Waals surface area contributed by atoms with Gasteiger partial charge >= 0.3 is 0 Å². The van der Waals surface area contributed by atoms with E-state index in [4.69, 9.17) is 4.74 Å². The fourth-order valence-corrected chi connectivity index (χ4v) is 2.25. The molecular weight excluding hydrogens is 232 g/mol. The van der Waals surface area contributed by atoms with Gasteiger partial charge in [0.15, 0.2) is 0 Å². The molecule has 0 amide bonds. The molecule has 2 unspecified atom stereocenters. The Morgan fingerprint density at radius 2 is 1.06 bits per heavy atom. The van der Waals surface area contributed by atoms with Crippen molar-refractivity contribution in [1.29, 1.82) is 0 Å². The molecule has 1 nitrogen and oxygen atoms in total. The van der Waals surface area contributed by atoms with E-state index in [1.54, 1.807) is 0 Å². The molecule has 106 valence electrons. The molecule has 0 aliphatic carbocycles. The molecule has 18 heavy (non-hydrogen) atoms. The Morgan fingerprint density at radius 1 is 0.667 bits per heavy atom. The van der Waals surface area contributed by atoms with Gasteiger partial charge in [0.2, 0.25) is 0 Å². The van der Waals surface area contributed by atoms with Crippen LogP contribution in [0.25, 0.3) is 0 Å². The predicted molar refractivity (Wildman–Crippen MR) is 83.3 cm³/mol. The normalized spacial score (nSPS) is 14.0. The molecule has 2 radical (unpaired) electrons. The Bertz CT molecular complexity index is 134. The Balaban J connectivity index is 0.